The number of hydrogen-bond donors (Lipinski definition) is 1. The summed E-state index contributed by atoms with van der Waals surface area (Å²) >= 11 is 0. The fourth-order valence-electron chi connectivity index (χ4n) is 2.19. The first-order chi connectivity index (χ1) is 9.20. The van der Waals surface area contributed by atoms with Gasteiger partial charge in [-0.15, -0.1) is 0 Å². The molecule has 112 valence electrons. The summed E-state index contributed by atoms with van der Waals surface area (Å²) in [7, 11) is 0. The van der Waals surface area contributed by atoms with E-state index in [2.05, 4.69) is 5.32 Å². The van der Waals surface area contributed by atoms with E-state index in [0.717, 1.165) is 25.1 Å². The van der Waals surface area contributed by atoms with E-state index in [0.29, 0.717) is 11.6 Å². The van der Waals surface area contributed by atoms with Gasteiger partial charge in [0.15, 0.2) is 0 Å². The van der Waals surface area contributed by atoms with Crippen LogP contribution in [-0.2, 0) is 11.6 Å². The zero-order chi connectivity index (χ0) is 15.0. The van der Waals surface area contributed by atoms with E-state index in [-0.39, 0.29) is 5.41 Å². The molecule has 0 spiro atoms. The number of nitrogens with one attached hydrogen (secondary N) is 1. The molecule has 2 rings (SSSR count). The lowest BCUT2D eigenvalue weighted by Crippen LogP contribution is -2.27. The molecular weight excluding hydrogens is 270 g/mol. The van der Waals surface area contributed by atoms with Crippen molar-refractivity contribution in [1.82, 2.24) is 5.32 Å². The maximum absolute atomic E-state index is 13.6. The second-order valence-electron chi connectivity index (χ2n) is 6.05. The third kappa shape index (κ3) is 3.72. The number of hydrogen-bond acceptors (Lipinski definition) is 1. The van der Waals surface area contributed by atoms with Crippen LogP contribution in [0.1, 0.15) is 44.2 Å². The van der Waals surface area contributed by atoms with E-state index >= 15 is 0 Å². The van der Waals surface area contributed by atoms with Gasteiger partial charge in [0.1, 0.15) is 5.82 Å². The van der Waals surface area contributed by atoms with Crippen LogP contribution < -0.4 is 5.32 Å². The lowest BCUT2D eigenvalue weighted by Gasteiger charge is -2.26. The highest BCUT2D eigenvalue weighted by molar-refractivity contribution is 5.31. The average molecular weight is 289 g/mol. The van der Waals surface area contributed by atoms with Gasteiger partial charge in [-0.2, -0.15) is 13.2 Å². The molecule has 0 aliphatic heterocycles. The zero-order valence-corrected chi connectivity index (χ0v) is 11.6. The summed E-state index contributed by atoms with van der Waals surface area (Å²) in [4.78, 5) is 0. The fourth-order valence-corrected chi connectivity index (χ4v) is 2.19. The maximum Gasteiger partial charge on any atom is 0.419 e. The van der Waals surface area contributed by atoms with Crippen LogP contribution in [0.3, 0.4) is 0 Å². The molecule has 1 aromatic carbocycles. The Balaban J connectivity index is 2.08. The predicted octanol–water partition coefficient (Wildman–Crippen LogP) is 4.26. The van der Waals surface area contributed by atoms with E-state index in [1.807, 2.05) is 13.8 Å². The molecule has 1 aromatic rings. The van der Waals surface area contributed by atoms with Crippen molar-refractivity contribution in [2.24, 2.45) is 0 Å². The topological polar surface area (TPSA) is 12.0 Å². The molecule has 0 radical (unpaired) electrons. The summed E-state index contributed by atoms with van der Waals surface area (Å²) in [6, 6.07) is 3.82. The molecular formula is C15H19F4N. The minimum atomic E-state index is -4.64. The van der Waals surface area contributed by atoms with Gasteiger partial charge in [-0.05, 0) is 48.9 Å². The Kier molecular flexibility index (Phi) is 4.09. The van der Waals surface area contributed by atoms with E-state index in [4.69, 9.17) is 0 Å². The Morgan fingerprint density at radius 2 is 1.85 bits per heavy atom. The van der Waals surface area contributed by atoms with Gasteiger partial charge >= 0.3 is 6.18 Å². The Morgan fingerprint density at radius 3 is 2.35 bits per heavy atom. The third-order valence-corrected chi connectivity index (χ3v) is 3.82. The van der Waals surface area contributed by atoms with E-state index in [9.17, 15) is 17.6 Å². The van der Waals surface area contributed by atoms with Crippen molar-refractivity contribution in [3.05, 3.63) is 35.1 Å². The van der Waals surface area contributed by atoms with Gasteiger partial charge in [-0.25, -0.2) is 4.39 Å². The molecule has 1 N–H and O–H groups in total. The van der Waals surface area contributed by atoms with E-state index in [1.54, 1.807) is 0 Å². The highest BCUT2D eigenvalue weighted by Gasteiger charge is 2.35. The van der Waals surface area contributed by atoms with Crippen LogP contribution in [-0.4, -0.2) is 12.6 Å². The smallest absolute Gasteiger partial charge is 0.314 e. The lowest BCUT2D eigenvalue weighted by atomic mass is 9.81. The second kappa shape index (κ2) is 5.35. The molecule has 0 atom stereocenters. The van der Waals surface area contributed by atoms with Gasteiger partial charge in [0, 0.05) is 6.04 Å². The van der Waals surface area contributed by atoms with Crippen LogP contribution in [0, 0.1) is 5.82 Å². The van der Waals surface area contributed by atoms with Crippen molar-refractivity contribution in [3.8, 4) is 0 Å². The fraction of sp³-hybridized carbons (Fsp3) is 0.600. The molecule has 5 heteroatoms. The Labute approximate surface area is 116 Å². The molecule has 0 heterocycles. The number of halogens is 4. The summed E-state index contributed by atoms with van der Waals surface area (Å²) < 4.78 is 51.2. The minimum absolute atomic E-state index is 0.354. The zero-order valence-electron chi connectivity index (χ0n) is 11.6. The minimum Gasteiger partial charge on any atom is -0.314 e. The third-order valence-electron chi connectivity index (χ3n) is 3.82. The molecule has 0 saturated heterocycles. The first-order valence-corrected chi connectivity index (χ1v) is 6.81. The van der Waals surface area contributed by atoms with Crippen molar-refractivity contribution in [3.63, 3.8) is 0 Å². The van der Waals surface area contributed by atoms with Crippen molar-refractivity contribution < 1.29 is 17.6 Å². The van der Waals surface area contributed by atoms with Gasteiger partial charge in [0.2, 0.25) is 0 Å². The van der Waals surface area contributed by atoms with Crippen molar-refractivity contribution in [2.75, 3.05) is 6.54 Å². The molecule has 0 bridgehead atoms. The second-order valence-corrected chi connectivity index (χ2v) is 6.05. The van der Waals surface area contributed by atoms with Gasteiger partial charge in [0.05, 0.1) is 5.56 Å². The summed E-state index contributed by atoms with van der Waals surface area (Å²) in [5.41, 5.74) is -0.957. The standard InChI is InChI=1S/C15H19F4N/c1-14(2,7-8-20-11-4-5-11)10-3-6-12(13(16)9-10)15(17,18)19/h3,6,9,11,20H,4-5,7-8H2,1-2H3. The highest BCUT2D eigenvalue weighted by atomic mass is 19.4. The molecule has 1 fully saturated rings. The Hall–Kier alpha value is -1.10. The number of benzene rings is 1. The largest absolute Gasteiger partial charge is 0.419 e. The van der Waals surface area contributed by atoms with Gasteiger partial charge in [0.25, 0.3) is 0 Å². The van der Waals surface area contributed by atoms with Gasteiger partial charge in [-0.1, -0.05) is 19.9 Å². The number of alkyl halides is 3. The summed E-state index contributed by atoms with van der Waals surface area (Å²) in [5.74, 6) is -1.20. The molecule has 0 amide bonds. The van der Waals surface area contributed by atoms with Gasteiger partial charge < -0.3 is 5.32 Å². The van der Waals surface area contributed by atoms with Crippen LogP contribution in [0.25, 0.3) is 0 Å². The van der Waals surface area contributed by atoms with Crippen LogP contribution in [0.15, 0.2) is 18.2 Å². The SMILES string of the molecule is CC(C)(CCNC1CC1)c1ccc(C(F)(F)F)c(F)c1. The first kappa shape index (κ1) is 15.3. The molecule has 0 unspecified atom stereocenters. The Bertz CT molecular complexity index is 475. The quantitative estimate of drug-likeness (QED) is 0.798. The van der Waals surface area contributed by atoms with Crippen molar-refractivity contribution >= 4 is 0 Å². The highest BCUT2D eigenvalue weighted by Crippen LogP contribution is 2.34. The lowest BCUT2D eigenvalue weighted by molar-refractivity contribution is -0.140. The van der Waals surface area contributed by atoms with Crippen molar-refractivity contribution in [1.29, 1.82) is 0 Å². The summed E-state index contributed by atoms with van der Waals surface area (Å²) in [6.45, 7) is 4.63. The molecule has 1 nitrogen and oxygen atoms in total. The summed E-state index contributed by atoms with van der Waals surface area (Å²) in [6.07, 6.45) is -1.50. The first-order valence-electron chi connectivity index (χ1n) is 6.81. The monoisotopic (exact) mass is 289 g/mol. The Morgan fingerprint density at radius 1 is 1.20 bits per heavy atom. The molecule has 1 saturated carbocycles. The van der Waals surface area contributed by atoms with Crippen LogP contribution >= 0.6 is 0 Å². The maximum atomic E-state index is 13.6. The van der Waals surface area contributed by atoms with Gasteiger partial charge in [-0.3, -0.25) is 0 Å². The molecule has 1 aliphatic carbocycles. The van der Waals surface area contributed by atoms with Crippen LogP contribution in [0.2, 0.25) is 0 Å². The van der Waals surface area contributed by atoms with Crippen molar-refractivity contribution in [2.45, 2.75) is 50.7 Å². The normalized spacial score (nSPS) is 16.5. The number of rotatable bonds is 5. The summed E-state index contributed by atoms with van der Waals surface area (Å²) in [5, 5.41) is 3.36. The average Bonchev–Trinajstić information content (AvgIpc) is 3.11. The van der Waals surface area contributed by atoms with Crippen LogP contribution in [0.4, 0.5) is 17.6 Å². The molecule has 0 aromatic heterocycles. The van der Waals surface area contributed by atoms with E-state index in [1.165, 1.54) is 18.9 Å². The van der Waals surface area contributed by atoms with E-state index < -0.39 is 17.6 Å². The molecule has 1 aliphatic rings. The van der Waals surface area contributed by atoms with Crippen LogP contribution in [0.5, 0.6) is 0 Å². The molecule has 20 heavy (non-hydrogen) atoms. The predicted molar refractivity (Wildman–Crippen MR) is 70.1 cm³/mol.